The van der Waals surface area contributed by atoms with Gasteiger partial charge in [-0.1, -0.05) is 0 Å². The highest BCUT2D eigenvalue weighted by molar-refractivity contribution is 5.94. The van der Waals surface area contributed by atoms with Crippen LogP contribution in [0.15, 0.2) is 12.3 Å². The van der Waals surface area contributed by atoms with Gasteiger partial charge in [0.1, 0.15) is 12.4 Å². The van der Waals surface area contributed by atoms with Crippen molar-refractivity contribution in [3.8, 4) is 0 Å². The molecule has 0 bridgehead atoms. The first-order chi connectivity index (χ1) is 8.50. The second kappa shape index (κ2) is 6.70. The summed E-state index contributed by atoms with van der Waals surface area (Å²) in [6.45, 7) is -0.321. The molecule has 0 aliphatic rings. The van der Waals surface area contributed by atoms with Crippen LogP contribution in [0.1, 0.15) is 10.4 Å². The number of rotatable bonds is 7. The smallest absolute Gasteiger partial charge is 0.337 e. The van der Waals surface area contributed by atoms with Crippen molar-refractivity contribution in [2.75, 3.05) is 30.8 Å². The quantitative estimate of drug-likeness (QED) is 0.635. The number of hydrogen-bond donors (Lipinski definition) is 3. The third-order valence-corrected chi connectivity index (χ3v) is 1.96. The number of alkyl halides is 2. The molecule has 0 radical (unpaired) electrons. The van der Waals surface area contributed by atoms with E-state index < -0.39 is 19.0 Å². The van der Waals surface area contributed by atoms with Gasteiger partial charge in [-0.2, -0.15) is 0 Å². The van der Waals surface area contributed by atoms with Crippen molar-refractivity contribution >= 4 is 17.5 Å². The molecule has 0 aliphatic carbocycles. The Morgan fingerprint density at radius 1 is 1.61 bits per heavy atom. The van der Waals surface area contributed by atoms with Crippen LogP contribution < -0.4 is 11.1 Å². The fraction of sp³-hybridized carbons (Fsp3) is 0.400. The third-order valence-electron chi connectivity index (χ3n) is 1.96. The van der Waals surface area contributed by atoms with Crippen LogP contribution in [0.5, 0.6) is 0 Å². The number of aromatic nitrogens is 1. The Hall–Kier alpha value is -1.96. The number of aromatic carboxylic acids is 1. The lowest BCUT2D eigenvalue weighted by molar-refractivity contribution is 0.0214. The summed E-state index contributed by atoms with van der Waals surface area (Å²) in [5.74, 6) is -0.867. The number of ether oxygens (including phenoxy) is 1. The van der Waals surface area contributed by atoms with Crippen LogP contribution in [0, 0.1) is 0 Å². The van der Waals surface area contributed by atoms with E-state index in [0.29, 0.717) is 5.82 Å². The van der Waals surface area contributed by atoms with Gasteiger partial charge in [-0.25, -0.2) is 18.6 Å². The number of halogens is 2. The van der Waals surface area contributed by atoms with Gasteiger partial charge in [0, 0.05) is 6.54 Å². The topological polar surface area (TPSA) is 97.5 Å². The number of nitrogens with zero attached hydrogens (tertiary/aromatic N) is 1. The molecule has 100 valence electrons. The number of nitrogen functional groups attached to an aromatic ring is 1. The lowest BCUT2D eigenvalue weighted by Crippen LogP contribution is -2.14. The number of carboxylic acids is 1. The van der Waals surface area contributed by atoms with Gasteiger partial charge in [-0.15, -0.1) is 0 Å². The molecule has 1 aromatic rings. The van der Waals surface area contributed by atoms with E-state index in [0.717, 1.165) is 0 Å². The number of pyridine rings is 1. The van der Waals surface area contributed by atoms with Gasteiger partial charge in [0.15, 0.2) is 0 Å². The van der Waals surface area contributed by atoms with Crippen LogP contribution in [0.3, 0.4) is 0 Å². The number of hydrogen-bond acceptors (Lipinski definition) is 5. The van der Waals surface area contributed by atoms with Crippen molar-refractivity contribution < 1.29 is 23.4 Å². The number of carbonyl (C=O) groups is 1. The summed E-state index contributed by atoms with van der Waals surface area (Å²) >= 11 is 0. The second-order valence-corrected chi connectivity index (χ2v) is 3.35. The van der Waals surface area contributed by atoms with Gasteiger partial charge in [-0.3, -0.25) is 0 Å². The van der Waals surface area contributed by atoms with Gasteiger partial charge < -0.3 is 20.9 Å². The van der Waals surface area contributed by atoms with Gasteiger partial charge in [0.25, 0.3) is 6.43 Å². The van der Waals surface area contributed by atoms with E-state index in [9.17, 15) is 13.6 Å². The third kappa shape index (κ3) is 4.50. The molecule has 0 unspecified atom stereocenters. The van der Waals surface area contributed by atoms with Crippen LogP contribution in [0.2, 0.25) is 0 Å². The fourth-order valence-corrected chi connectivity index (χ4v) is 1.17. The fourth-order valence-electron chi connectivity index (χ4n) is 1.17. The Bertz CT molecular complexity index is 415. The minimum Gasteiger partial charge on any atom is -0.478 e. The van der Waals surface area contributed by atoms with Crippen LogP contribution in [-0.4, -0.2) is 42.2 Å². The Labute approximate surface area is 102 Å². The Morgan fingerprint density at radius 3 is 2.94 bits per heavy atom. The molecule has 0 atom stereocenters. The molecule has 0 amide bonds. The van der Waals surface area contributed by atoms with E-state index >= 15 is 0 Å². The second-order valence-electron chi connectivity index (χ2n) is 3.35. The molecular formula is C10H13F2N3O3. The summed E-state index contributed by atoms with van der Waals surface area (Å²) < 4.78 is 28.1. The largest absolute Gasteiger partial charge is 0.478 e. The molecule has 1 rings (SSSR count). The van der Waals surface area contributed by atoms with E-state index in [1.165, 1.54) is 12.3 Å². The van der Waals surface area contributed by atoms with Crippen molar-refractivity contribution in [2.24, 2.45) is 0 Å². The van der Waals surface area contributed by atoms with Crippen molar-refractivity contribution in [3.05, 3.63) is 17.8 Å². The molecule has 6 nitrogen and oxygen atoms in total. The van der Waals surface area contributed by atoms with Crippen LogP contribution >= 0.6 is 0 Å². The first kappa shape index (κ1) is 14.1. The lowest BCUT2D eigenvalue weighted by Gasteiger charge is -2.08. The van der Waals surface area contributed by atoms with Gasteiger partial charge in [-0.05, 0) is 6.07 Å². The lowest BCUT2D eigenvalue weighted by atomic mass is 10.2. The Kier molecular flexibility index (Phi) is 5.25. The minimum absolute atomic E-state index is 0.0574. The number of carboxylic acid groups (broad SMARTS) is 1. The van der Waals surface area contributed by atoms with Crippen molar-refractivity contribution in [1.82, 2.24) is 4.98 Å². The summed E-state index contributed by atoms with van der Waals surface area (Å²) in [6.07, 6.45) is -1.29. The number of nitrogens with one attached hydrogen (secondary N) is 1. The maximum Gasteiger partial charge on any atom is 0.337 e. The Morgan fingerprint density at radius 2 is 2.33 bits per heavy atom. The number of nitrogens with two attached hydrogens (primary N) is 1. The maximum atomic E-state index is 11.7. The minimum atomic E-state index is -2.50. The summed E-state index contributed by atoms with van der Waals surface area (Å²) in [5.41, 5.74) is 5.41. The predicted octanol–water partition coefficient (Wildman–Crippen LogP) is 1.06. The molecule has 1 aromatic heterocycles. The molecule has 1 heterocycles. The summed E-state index contributed by atoms with van der Waals surface area (Å²) in [4.78, 5) is 14.6. The molecule has 0 saturated heterocycles. The highest BCUT2D eigenvalue weighted by atomic mass is 19.3. The standard InChI is InChI=1S/C10H13F2N3O3/c11-8(12)5-18-2-1-14-9-3-6(10(16)17)7(13)4-15-9/h3-4,8H,1-2,5,13H2,(H,14,15)(H,16,17). The zero-order chi connectivity index (χ0) is 13.5. The van der Waals surface area contributed by atoms with Gasteiger partial charge in [0.05, 0.1) is 24.1 Å². The normalized spacial score (nSPS) is 10.6. The SMILES string of the molecule is Nc1cnc(NCCOCC(F)F)cc1C(=O)O. The van der Waals surface area contributed by atoms with Crippen LogP contribution in [0.25, 0.3) is 0 Å². The molecule has 18 heavy (non-hydrogen) atoms. The number of anilines is 2. The van der Waals surface area contributed by atoms with E-state index in [1.54, 1.807) is 0 Å². The average molecular weight is 261 g/mol. The van der Waals surface area contributed by atoms with Crippen LogP contribution in [-0.2, 0) is 4.74 Å². The molecule has 8 heteroatoms. The highest BCUT2D eigenvalue weighted by Crippen LogP contribution is 2.14. The van der Waals surface area contributed by atoms with E-state index in [2.05, 4.69) is 15.0 Å². The zero-order valence-corrected chi connectivity index (χ0v) is 9.40. The molecule has 0 fully saturated rings. The summed E-state index contributed by atoms with van der Waals surface area (Å²) in [7, 11) is 0. The highest BCUT2D eigenvalue weighted by Gasteiger charge is 2.09. The van der Waals surface area contributed by atoms with Crippen LogP contribution in [0.4, 0.5) is 20.3 Å². The van der Waals surface area contributed by atoms with Gasteiger partial charge >= 0.3 is 5.97 Å². The molecule has 4 N–H and O–H groups in total. The maximum absolute atomic E-state index is 11.7. The van der Waals surface area contributed by atoms with Gasteiger partial charge in [0.2, 0.25) is 0 Å². The Balaban J connectivity index is 2.43. The van der Waals surface area contributed by atoms with E-state index in [-0.39, 0.29) is 24.4 Å². The first-order valence-corrected chi connectivity index (χ1v) is 5.09. The average Bonchev–Trinajstić information content (AvgIpc) is 2.30. The monoisotopic (exact) mass is 261 g/mol. The first-order valence-electron chi connectivity index (χ1n) is 5.09. The molecule has 0 spiro atoms. The predicted molar refractivity (Wildman–Crippen MR) is 60.9 cm³/mol. The molecular weight excluding hydrogens is 248 g/mol. The van der Waals surface area contributed by atoms with Crippen molar-refractivity contribution in [3.63, 3.8) is 0 Å². The van der Waals surface area contributed by atoms with Crippen molar-refractivity contribution in [1.29, 1.82) is 0 Å². The molecule has 0 saturated carbocycles. The molecule has 0 aromatic carbocycles. The zero-order valence-electron chi connectivity index (χ0n) is 9.40. The molecule has 0 aliphatic heterocycles. The van der Waals surface area contributed by atoms with E-state index in [4.69, 9.17) is 10.8 Å². The summed E-state index contributed by atoms with van der Waals surface area (Å²) in [5, 5.41) is 11.6. The van der Waals surface area contributed by atoms with E-state index in [1.807, 2.05) is 0 Å². The van der Waals surface area contributed by atoms with Crippen molar-refractivity contribution in [2.45, 2.75) is 6.43 Å². The summed E-state index contributed by atoms with van der Waals surface area (Å²) in [6, 6.07) is 1.27.